The lowest BCUT2D eigenvalue weighted by atomic mass is 10.1. The summed E-state index contributed by atoms with van der Waals surface area (Å²) in [4.78, 5) is 17.0. The third-order valence-electron chi connectivity index (χ3n) is 5.91. The van der Waals surface area contributed by atoms with Gasteiger partial charge in [-0.2, -0.15) is 0 Å². The summed E-state index contributed by atoms with van der Waals surface area (Å²) in [6.45, 7) is 3.13. The summed E-state index contributed by atoms with van der Waals surface area (Å²) in [6.07, 6.45) is 2.90. The quantitative estimate of drug-likeness (QED) is 0.412. The predicted octanol–water partition coefficient (Wildman–Crippen LogP) is 7.01. The molecule has 3 aromatic rings. The van der Waals surface area contributed by atoms with Gasteiger partial charge in [-0.25, -0.2) is 0 Å². The van der Waals surface area contributed by atoms with Crippen molar-refractivity contribution in [3.8, 4) is 0 Å². The summed E-state index contributed by atoms with van der Waals surface area (Å²) >= 11 is 1.76. The third kappa shape index (κ3) is 3.64. The van der Waals surface area contributed by atoms with Crippen molar-refractivity contribution in [3.05, 3.63) is 118 Å². The van der Waals surface area contributed by atoms with E-state index in [9.17, 15) is 4.79 Å². The fourth-order valence-electron chi connectivity index (χ4n) is 4.35. The van der Waals surface area contributed by atoms with E-state index in [4.69, 9.17) is 0 Å². The standard InChI is InChI=1S/C28H25NOS/c1-2-3-18-29-25(20-12-6-4-7-13-20)27(21-14-8-5-9-15-21)31-28(29)24-19-22-16-10-11-17-23(22)26(24)30/h4-17H,2-3,18-19H2,1H3. The van der Waals surface area contributed by atoms with Gasteiger partial charge < -0.3 is 4.90 Å². The van der Waals surface area contributed by atoms with Crippen LogP contribution in [0.3, 0.4) is 0 Å². The lowest BCUT2D eigenvalue weighted by molar-refractivity contribution is 0.103. The number of carbonyl (C=O) groups excluding carboxylic acids is 1. The number of ketones is 1. The maximum absolute atomic E-state index is 13.4. The molecule has 0 spiro atoms. The minimum Gasteiger partial charge on any atom is -0.334 e. The molecule has 1 aliphatic carbocycles. The number of nitrogens with zero attached hydrogens (tertiary/aromatic N) is 1. The summed E-state index contributed by atoms with van der Waals surface area (Å²) in [6, 6.07) is 29.2. The molecule has 2 aliphatic rings. The summed E-state index contributed by atoms with van der Waals surface area (Å²) < 4.78 is 0. The molecule has 31 heavy (non-hydrogen) atoms. The van der Waals surface area contributed by atoms with E-state index in [0.29, 0.717) is 6.42 Å². The number of Topliss-reactive ketones (excluding diaryl/α,β-unsaturated/α-hetero) is 1. The van der Waals surface area contributed by atoms with Gasteiger partial charge in [0.15, 0.2) is 5.78 Å². The Morgan fingerprint density at radius 1 is 0.839 bits per heavy atom. The molecule has 1 aliphatic heterocycles. The number of fused-ring (bicyclic) bond motifs is 1. The Hall–Kier alpha value is -3.04. The Morgan fingerprint density at radius 2 is 1.48 bits per heavy atom. The van der Waals surface area contributed by atoms with Crippen molar-refractivity contribution in [1.82, 2.24) is 4.90 Å². The van der Waals surface area contributed by atoms with E-state index in [1.54, 1.807) is 11.8 Å². The number of carbonyl (C=O) groups is 1. The molecule has 0 aromatic heterocycles. The Kier molecular flexibility index (Phi) is 5.52. The molecule has 0 radical (unpaired) electrons. The van der Waals surface area contributed by atoms with Gasteiger partial charge in [0.05, 0.1) is 10.7 Å². The highest BCUT2D eigenvalue weighted by Crippen LogP contribution is 2.52. The van der Waals surface area contributed by atoms with Gasteiger partial charge in [-0.05, 0) is 23.1 Å². The average Bonchev–Trinajstić information content (AvgIpc) is 3.37. The number of rotatable bonds is 5. The van der Waals surface area contributed by atoms with Gasteiger partial charge in [0.25, 0.3) is 0 Å². The van der Waals surface area contributed by atoms with Gasteiger partial charge in [0, 0.05) is 29.0 Å². The van der Waals surface area contributed by atoms with Crippen LogP contribution in [0.4, 0.5) is 0 Å². The van der Waals surface area contributed by atoms with Gasteiger partial charge in [-0.1, -0.05) is 110 Å². The van der Waals surface area contributed by atoms with E-state index in [-0.39, 0.29) is 5.78 Å². The lowest BCUT2D eigenvalue weighted by Crippen LogP contribution is -2.21. The van der Waals surface area contributed by atoms with Crippen LogP contribution in [0.25, 0.3) is 10.6 Å². The van der Waals surface area contributed by atoms with Crippen molar-refractivity contribution in [1.29, 1.82) is 0 Å². The van der Waals surface area contributed by atoms with Crippen LogP contribution >= 0.6 is 11.8 Å². The van der Waals surface area contributed by atoms with Crippen LogP contribution in [0.5, 0.6) is 0 Å². The van der Waals surface area contributed by atoms with Gasteiger partial charge in [-0.15, -0.1) is 0 Å². The van der Waals surface area contributed by atoms with E-state index >= 15 is 0 Å². The van der Waals surface area contributed by atoms with Crippen molar-refractivity contribution in [2.45, 2.75) is 26.2 Å². The first-order valence-corrected chi connectivity index (χ1v) is 11.8. The Morgan fingerprint density at radius 3 is 2.16 bits per heavy atom. The molecule has 3 heteroatoms. The Labute approximate surface area is 188 Å². The third-order valence-corrected chi connectivity index (χ3v) is 7.20. The molecule has 0 unspecified atom stereocenters. The Bertz CT molecular complexity index is 1180. The number of unbranched alkanes of at least 4 members (excludes halogenated alkanes) is 1. The van der Waals surface area contributed by atoms with Gasteiger partial charge in [0.1, 0.15) is 0 Å². The van der Waals surface area contributed by atoms with Crippen LogP contribution < -0.4 is 0 Å². The van der Waals surface area contributed by atoms with Crippen molar-refractivity contribution < 1.29 is 4.79 Å². The first-order valence-electron chi connectivity index (χ1n) is 10.9. The molecule has 0 amide bonds. The van der Waals surface area contributed by atoms with Crippen LogP contribution in [-0.2, 0) is 6.42 Å². The van der Waals surface area contributed by atoms with Gasteiger partial charge in [-0.3, -0.25) is 4.79 Å². The zero-order chi connectivity index (χ0) is 21.2. The highest BCUT2D eigenvalue weighted by molar-refractivity contribution is 8.12. The molecule has 0 N–H and O–H groups in total. The van der Waals surface area contributed by atoms with Crippen LogP contribution in [0.2, 0.25) is 0 Å². The van der Waals surface area contributed by atoms with E-state index in [1.807, 2.05) is 18.2 Å². The predicted molar refractivity (Wildman–Crippen MR) is 130 cm³/mol. The SMILES string of the molecule is CCCCN1C(=C2Cc3ccccc3C2=O)SC(c2ccccc2)=C1c1ccccc1. The maximum atomic E-state index is 13.4. The summed E-state index contributed by atoms with van der Waals surface area (Å²) in [5.41, 5.74) is 6.55. The maximum Gasteiger partial charge on any atom is 0.192 e. The zero-order valence-corrected chi connectivity index (χ0v) is 18.5. The van der Waals surface area contributed by atoms with Crippen LogP contribution in [0.15, 0.2) is 95.5 Å². The smallest absolute Gasteiger partial charge is 0.192 e. The molecule has 2 nitrogen and oxygen atoms in total. The second-order valence-electron chi connectivity index (χ2n) is 7.96. The molecule has 0 saturated carbocycles. The number of hydrogen-bond acceptors (Lipinski definition) is 3. The highest BCUT2D eigenvalue weighted by atomic mass is 32.2. The number of thioether (sulfide) groups is 1. The average molecular weight is 424 g/mol. The number of benzene rings is 3. The van der Waals surface area contributed by atoms with E-state index in [2.05, 4.69) is 78.6 Å². The van der Waals surface area contributed by atoms with Gasteiger partial charge in [0.2, 0.25) is 0 Å². The van der Waals surface area contributed by atoms with Crippen molar-refractivity contribution >= 4 is 28.1 Å². The minimum absolute atomic E-state index is 0.182. The molecule has 1 heterocycles. The van der Waals surface area contributed by atoms with E-state index < -0.39 is 0 Å². The van der Waals surface area contributed by atoms with Crippen molar-refractivity contribution in [2.24, 2.45) is 0 Å². The topological polar surface area (TPSA) is 20.3 Å². The summed E-state index contributed by atoms with van der Waals surface area (Å²) in [5.74, 6) is 0.182. The molecule has 5 rings (SSSR count). The lowest BCUT2D eigenvalue weighted by Gasteiger charge is -2.25. The fourth-order valence-corrected chi connectivity index (χ4v) is 5.70. The zero-order valence-electron chi connectivity index (χ0n) is 17.7. The first-order chi connectivity index (χ1) is 15.3. The van der Waals surface area contributed by atoms with Crippen LogP contribution in [0, 0.1) is 0 Å². The van der Waals surface area contributed by atoms with Crippen molar-refractivity contribution in [3.63, 3.8) is 0 Å². The minimum atomic E-state index is 0.182. The monoisotopic (exact) mass is 423 g/mol. The second-order valence-corrected chi connectivity index (χ2v) is 8.96. The molecule has 3 aromatic carbocycles. The molecule has 0 atom stereocenters. The summed E-state index contributed by atoms with van der Waals surface area (Å²) in [7, 11) is 0. The highest BCUT2D eigenvalue weighted by Gasteiger charge is 2.36. The molecular formula is C28H25NOS. The number of hydrogen-bond donors (Lipinski definition) is 0. The Balaban J connectivity index is 1.68. The molecule has 0 bridgehead atoms. The van der Waals surface area contributed by atoms with E-state index in [0.717, 1.165) is 41.1 Å². The van der Waals surface area contributed by atoms with E-state index in [1.165, 1.54) is 21.7 Å². The van der Waals surface area contributed by atoms with Crippen LogP contribution in [0.1, 0.15) is 46.8 Å². The van der Waals surface area contributed by atoms with Gasteiger partial charge >= 0.3 is 0 Å². The van der Waals surface area contributed by atoms with Crippen LogP contribution in [-0.4, -0.2) is 17.2 Å². The fraction of sp³-hybridized carbons (Fsp3) is 0.179. The first kappa shape index (κ1) is 19.9. The molecular weight excluding hydrogens is 398 g/mol. The molecule has 0 fully saturated rings. The largest absolute Gasteiger partial charge is 0.334 e. The molecule has 154 valence electrons. The van der Waals surface area contributed by atoms with Crippen molar-refractivity contribution in [2.75, 3.05) is 6.54 Å². The summed E-state index contributed by atoms with van der Waals surface area (Å²) in [5, 5.41) is 1.10. The second kappa shape index (κ2) is 8.60. The number of allylic oxidation sites excluding steroid dienone is 1. The molecule has 0 saturated heterocycles. The normalized spacial score (nSPS) is 18.1.